The van der Waals surface area contributed by atoms with Gasteiger partial charge in [-0.2, -0.15) is 0 Å². The van der Waals surface area contributed by atoms with Crippen LogP contribution in [0.25, 0.3) is 0 Å². The molecule has 0 saturated heterocycles. The molecule has 1 atom stereocenters. The average Bonchev–Trinajstić information content (AvgIpc) is 2.95. The number of ether oxygens (including phenoxy) is 1. The van der Waals surface area contributed by atoms with Crippen LogP contribution < -0.4 is 10.0 Å². The molecule has 0 aliphatic heterocycles. The van der Waals surface area contributed by atoms with Crippen molar-refractivity contribution in [1.29, 1.82) is 0 Å². The molecule has 0 amide bonds. The Kier molecular flexibility index (Phi) is 9.64. The van der Waals surface area contributed by atoms with E-state index < -0.39 is 0 Å². The Labute approximate surface area is 243 Å². The molecule has 3 heteroatoms. The predicted octanol–water partition coefficient (Wildman–Crippen LogP) is 9.95. The first kappa shape index (κ1) is 29.8. The summed E-state index contributed by atoms with van der Waals surface area (Å²) in [5.41, 5.74) is 8.63. The van der Waals surface area contributed by atoms with Gasteiger partial charge in [0, 0.05) is 22.5 Å². The van der Waals surface area contributed by atoms with Gasteiger partial charge >= 0.3 is 0 Å². The van der Waals surface area contributed by atoms with Crippen molar-refractivity contribution in [1.82, 2.24) is 0 Å². The lowest BCUT2D eigenvalue weighted by molar-refractivity contribution is 0.296. The Hall–Kier alpha value is -3.22. The molecule has 1 unspecified atom stereocenters. The molecule has 208 valence electrons. The molecular weight excluding hydrogens is 505 g/mol. The quantitative estimate of drug-likeness (QED) is 0.142. The van der Waals surface area contributed by atoms with Gasteiger partial charge in [0.15, 0.2) is 0 Å². The summed E-state index contributed by atoms with van der Waals surface area (Å²) in [6, 6.07) is 32.1. The van der Waals surface area contributed by atoms with E-state index in [1.54, 1.807) is 0 Å². The lowest BCUT2D eigenvalue weighted by Gasteiger charge is -2.37. The van der Waals surface area contributed by atoms with Crippen LogP contribution in [-0.2, 0) is 17.2 Å². The molecule has 0 N–H and O–H groups in total. The highest BCUT2D eigenvalue weighted by molar-refractivity contribution is 7.49. The van der Waals surface area contributed by atoms with Crippen molar-refractivity contribution < 1.29 is 4.74 Å². The molecule has 0 bridgehead atoms. The Bertz CT molecular complexity index is 1430. The first-order valence-electron chi connectivity index (χ1n) is 14.5. The van der Waals surface area contributed by atoms with Crippen LogP contribution in [0.5, 0.6) is 5.75 Å². The van der Waals surface area contributed by atoms with Crippen LogP contribution in [0, 0.1) is 13.8 Å². The molecule has 0 aromatic heterocycles. The van der Waals surface area contributed by atoms with Crippen molar-refractivity contribution in [3.8, 4) is 5.75 Å². The minimum atomic E-state index is -0.0561. The van der Waals surface area contributed by atoms with E-state index in [1.807, 2.05) is 36.5 Å². The standard InChI is InChI=1S/C37H44NOP/c1-8-37(9-2,40-35-27(3)17-16-20-30(35)25-38-32-21-14-11-15-22-32)33-24-31(36(5,6)7)23-28(4)34(33)39-26-29-18-12-10-13-19-29/h10-25,40H,8-9,26H2,1-7H3. The van der Waals surface area contributed by atoms with E-state index in [9.17, 15) is 0 Å². The zero-order valence-electron chi connectivity index (χ0n) is 25.2. The molecule has 4 rings (SSSR count). The number of rotatable bonds is 10. The third-order valence-electron chi connectivity index (χ3n) is 7.87. The summed E-state index contributed by atoms with van der Waals surface area (Å²) in [5.74, 6) is 1.04. The number of para-hydroxylation sites is 1. The van der Waals surface area contributed by atoms with Gasteiger partial charge in [0.1, 0.15) is 12.4 Å². The van der Waals surface area contributed by atoms with Crippen LogP contribution in [0.4, 0.5) is 5.69 Å². The fourth-order valence-corrected chi connectivity index (χ4v) is 6.95. The fraction of sp³-hybridized carbons (Fsp3) is 0.324. The van der Waals surface area contributed by atoms with Crippen molar-refractivity contribution in [2.75, 3.05) is 0 Å². The molecule has 40 heavy (non-hydrogen) atoms. The Morgan fingerprint density at radius 1 is 0.775 bits per heavy atom. The normalized spacial score (nSPS) is 12.5. The molecular formula is C37H44NOP. The summed E-state index contributed by atoms with van der Waals surface area (Å²) >= 11 is 0. The SMILES string of the molecule is CCC(CC)(Pc1c(C)cccc1C=Nc1ccccc1)c1cc(C(C)(C)C)cc(C)c1OCc1ccccc1. The predicted molar refractivity (Wildman–Crippen MR) is 176 cm³/mol. The van der Waals surface area contributed by atoms with Crippen LogP contribution in [0.3, 0.4) is 0 Å². The van der Waals surface area contributed by atoms with Crippen LogP contribution in [0.1, 0.15) is 80.8 Å². The number of nitrogens with zero attached hydrogens (tertiary/aromatic N) is 1. The Morgan fingerprint density at radius 2 is 1.43 bits per heavy atom. The van der Waals surface area contributed by atoms with Gasteiger partial charge in [0.2, 0.25) is 0 Å². The van der Waals surface area contributed by atoms with Crippen molar-refractivity contribution in [3.63, 3.8) is 0 Å². The van der Waals surface area contributed by atoms with E-state index in [-0.39, 0.29) is 10.6 Å². The van der Waals surface area contributed by atoms with E-state index in [4.69, 9.17) is 9.73 Å². The summed E-state index contributed by atoms with van der Waals surface area (Å²) in [5, 5.41) is 1.33. The van der Waals surface area contributed by atoms with Gasteiger partial charge < -0.3 is 4.74 Å². The summed E-state index contributed by atoms with van der Waals surface area (Å²) in [4.78, 5) is 4.83. The second kappa shape index (κ2) is 13.0. The van der Waals surface area contributed by atoms with Gasteiger partial charge in [-0.05, 0) is 71.8 Å². The van der Waals surface area contributed by atoms with Crippen LogP contribution >= 0.6 is 8.58 Å². The van der Waals surface area contributed by atoms with E-state index in [0.29, 0.717) is 15.2 Å². The molecule has 0 aliphatic rings. The number of aryl methyl sites for hydroxylation is 2. The average molecular weight is 550 g/mol. The van der Waals surface area contributed by atoms with E-state index in [1.165, 1.54) is 38.7 Å². The monoisotopic (exact) mass is 549 g/mol. The molecule has 2 nitrogen and oxygen atoms in total. The molecule has 0 heterocycles. The van der Waals surface area contributed by atoms with Gasteiger partial charge in [-0.25, -0.2) is 0 Å². The zero-order chi connectivity index (χ0) is 28.8. The van der Waals surface area contributed by atoms with Gasteiger partial charge in [-0.1, -0.05) is 122 Å². The number of aliphatic imine (C=N–C) groups is 1. The summed E-state index contributed by atoms with van der Waals surface area (Å²) in [7, 11) is 0.581. The van der Waals surface area contributed by atoms with Crippen molar-refractivity contribution in [2.45, 2.75) is 78.5 Å². The lowest BCUT2D eigenvalue weighted by Crippen LogP contribution is -2.26. The zero-order valence-corrected chi connectivity index (χ0v) is 26.2. The Balaban J connectivity index is 1.82. The van der Waals surface area contributed by atoms with Gasteiger partial charge in [0.05, 0.1) is 5.69 Å². The Morgan fingerprint density at radius 3 is 2.05 bits per heavy atom. The van der Waals surface area contributed by atoms with Gasteiger partial charge in [-0.3, -0.25) is 4.99 Å². The summed E-state index contributed by atoms with van der Waals surface area (Å²) in [6.45, 7) is 16.6. The molecule has 0 saturated carbocycles. The highest BCUT2D eigenvalue weighted by Crippen LogP contribution is 2.52. The number of hydrogen-bond donors (Lipinski definition) is 0. The number of benzene rings is 4. The minimum absolute atomic E-state index is 0.0456. The van der Waals surface area contributed by atoms with E-state index in [0.717, 1.165) is 24.3 Å². The summed E-state index contributed by atoms with van der Waals surface area (Å²) < 4.78 is 6.71. The first-order chi connectivity index (χ1) is 19.2. The third-order valence-corrected chi connectivity index (χ3v) is 10.3. The number of hydrogen-bond acceptors (Lipinski definition) is 2. The molecule has 0 fully saturated rings. The highest BCUT2D eigenvalue weighted by Gasteiger charge is 2.35. The largest absolute Gasteiger partial charge is 0.488 e. The molecule has 4 aromatic rings. The van der Waals surface area contributed by atoms with Crippen LogP contribution in [-0.4, -0.2) is 6.21 Å². The second-order valence-corrected chi connectivity index (χ2v) is 13.4. The molecule has 0 aliphatic carbocycles. The van der Waals surface area contributed by atoms with Crippen molar-refractivity contribution in [2.24, 2.45) is 4.99 Å². The van der Waals surface area contributed by atoms with Gasteiger partial charge in [0.25, 0.3) is 0 Å². The minimum Gasteiger partial charge on any atom is -0.488 e. The lowest BCUT2D eigenvalue weighted by atomic mass is 9.81. The highest BCUT2D eigenvalue weighted by atomic mass is 31.1. The fourth-order valence-electron chi connectivity index (χ4n) is 5.22. The third kappa shape index (κ3) is 6.91. The van der Waals surface area contributed by atoms with Crippen LogP contribution in [0.15, 0.2) is 96.0 Å². The molecule has 0 spiro atoms. The van der Waals surface area contributed by atoms with Crippen molar-refractivity contribution >= 4 is 25.8 Å². The van der Waals surface area contributed by atoms with Crippen LogP contribution in [0.2, 0.25) is 0 Å². The second-order valence-electron chi connectivity index (χ2n) is 11.7. The van der Waals surface area contributed by atoms with Crippen molar-refractivity contribution in [3.05, 3.63) is 124 Å². The smallest absolute Gasteiger partial charge is 0.126 e. The first-order valence-corrected chi connectivity index (χ1v) is 15.5. The topological polar surface area (TPSA) is 21.6 Å². The van der Waals surface area contributed by atoms with Gasteiger partial charge in [-0.15, -0.1) is 0 Å². The van der Waals surface area contributed by atoms with E-state index in [2.05, 4.69) is 109 Å². The maximum absolute atomic E-state index is 6.71. The molecule has 4 aromatic carbocycles. The summed E-state index contributed by atoms with van der Waals surface area (Å²) in [6.07, 6.45) is 4.10. The maximum atomic E-state index is 6.71. The molecule has 0 radical (unpaired) electrons. The maximum Gasteiger partial charge on any atom is 0.126 e. The van der Waals surface area contributed by atoms with E-state index >= 15 is 0 Å².